The van der Waals surface area contributed by atoms with Crippen molar-refractivity contribution in [3.8, 4) is 5.75 Å². The van der Waals surface area contributed by atoms with Crippen molar-refractivity contribution in [3.05, 3.63) is 47.5 Å². The highest BCUT2D eigenvalue weighted by Gasteiger charge is 2.18. The number of aromatic amines is 1. The molecule has 0 saturated heterocycles. The fourth-order valence-electron chi connectivity index (χ4n) is 2.67. The van der Waals surface area contributed by atoms with Crippen molar-refractivity contribution < 1.29 is 4.74 Å². The standard InChI is InChI=1S/C15H19N3O/c1-19-14-5-3-11-2-4-13(8-12(11)9-14)18-10-15-16-6-7-17-15/h3,5-7,9,13,18H,2,4,8,10H2,1H3,(H,16,17). The Labute approximate surface area is 113 Å². The van der Waals surface area contributed by atoms with E-state index in [-0.39, 0.29) is 0 Å². The minimum atomic E-state index is 0.518. The minimum absolute atomic E-state index is 0.518. The molecule has 1 aliphatic carbocycles. The van der Waals surface area contributed by atoms with Crippen LogP contribution in [0.5, 0.6) is 5.75 Å². The molecular formula is C15H19N3O. The molecule has 2 N–H and O–H groups in total. The van der Waals surface area contributed by atoms with Crippen LogP contribution in [0.2, 0.25) is 0 Å². The maximum Gasteiger partial charge on any atom is 0.120 e. The monoisotopic (exact) mass is 257 g/mol. The number of fused-ring (bicyclic) bond motifs is 1. The van der Waals surface area contributed by atoms with E-state index in [9.17, 15) is 0 Å². The van der Waals surface area contributed by atoms with E-state index in [2.05, 4.69) is 33.5 Å². The predicted octanol–water partition coefficient (Wildman–Crippen LogP) is 2.07. The first-order valence-electron chi connectivity index (χ1n) is 6.72. The van der Waals surface area contributed by atoms with Gasteiger partial charge in [-0.1, -0.05) is 6.07 Å². The molecule has 0 amide bonds. The Balaban J connectivity index is 1.64. The molecule has 4 heteroatoms. The van der Waals surface area contributed by atoms with Crippen molar-refractivity contribution in [1.29, 1.82) is 0 Å². The van der Waals surface area contributed by atoms with E-state index in [0.29, 0.717) is 6.04 Å². The van der Waals surface area contributed by atoms with Gasteiger partial charge in [-0.05, 0) is 42.5 Å². The molecule has 3 rings (SSSR count). The average Bonchev–Trinajstić information content (AvgIpc) is 2.97. The van der Waals surface area contributed by atoms with Gasteiger partial charge in [0.05, 0.1) is 13.7 Å². The first kappa shape index (κ1) is 12.2. The van der Waals surface area contributed by atoms with E-state index in [1.807, 2.05) is 6.20 Å². The number of H-pyrrole nitrogens is 1. The number of nitrogens with one attached hydrogen (secondary N) is 2. The lowest BCUT2D eigenvalue weighted by atomic mass is 9.88. The second-order valence-corrected chi connectivity index (χ2v) is 4.99. The molecule has 1 aromatic carbocycles. The van der Waals surface area contributed by atoms with Gasteiger partial charge in [-0.15, -0.1) is 0 Å². The third-order valence-electron chi connectivity index (χ3n) is 3.75. The van der Waals surface area contributed by atoms with Crippen molar-refractivity contribution in [2.24, 2.45) is 0 Å². The average molecular weight is 257 g/mol. The van der Waals surface area contributed by atoms with Crippen LogP contribution in [0, 0.1) is 0 Å². The number of hydrogen-bond donors (Lipinski definition) is 2. The first-order chi connectivity index (χ1) is 9.35. The quantitative estimate of drug-likeness (QED) is 0.881. The lowest BCUT2D eigenvalue weighted by Crippen LogP contribution is -2.34. The predicted molar refractivity (Wildman–Crippen MR) is 74.2 cm³/mol. The summed E-state index contributed by atoms with van der Waals surface area (Å²) in [5.41, 5.74) is 2.86. The van der Waals surface area contributed by atoms with Crippen LogP contribution in [0.15, 0.2) is 30.6 Å². The number of methoxy groups -OCH3 is 1. The molecule has 0 aliphatic heterocycles. The summed E-state index contributed by atoms with van der Waals surface area (Å²) < 4.78 is 5.30. The van der Waals surface area contributed by atoms with Crippen LogP contribution in [0.1, 0.15) is 23.4 Å². The third-order valence-corrected chi connectivity index (χ3v) is 3.75. The van der Waals surface area contributed by atoms with Crippen molar-refractivity contribution in [3.63, 3.8) is 0 Å². The van der Waals surface area contributed by atoms with E-state index in [1.54, 1.807) is 13.3 Å². The van der Waals surface area contributed by atoms with Gasteiger partial charge in [0.15, 0.2) is 0 Å². The third kappa shape index (κ3) is 2.79. The number of rotatable bonds is 4. The minimum Gasteiger partial charge on any atom is -0.497 e. The lowest BCUT2D eigenvalue weighted by molar-refractivity contribution is 0.410. The summed E-state index contributed by atoms with van der Waals surface area (Å²) in [7, 11) is 1.72. The Morgan fingerprint density at radius 2 is 2.37 bits per heavy atom. The molecule has 2 aromatic rings. The summed E-state index contributed by atoms with van der Waals surface area (Å²) in [6.45, 7) is 0.803. The molecule has 1 aliphatic rings. The molecule has 0 bridgehead atoms. The van der Waals surface area contributed by atoms with Gasteiger partial charge in [0.25, 0.3) is 0 Å². The Morgan fingerprint density at radius 1 is 1.42 bits per heavy atom. The molecule has 1 unspecified atom stereocenters. The van der Waals surface area contributed by atoms with Crippen LogP contribution in [0.25, 0.3) is 0 Å². The van der Waals surface area contributed by atoms with Gasteiger partial charge >= 0.3 is 0 Å². The van der Waals surface area contributed by atoms with Gasteiger partial charge in [-0.3, -0.25) is 0 Å². The number of hydrogen-bond acceptors (Lipinski definition) is 3. The smallest absolute Gasteiger partial charge is 0.120 e. The number of aryl methyl sites for hydroxylation is 1. The number of imidazole rings is 1. The summed E-state index contributed by atoms with van der Waals surface area (Å²) >= 11 is 0. The van der Waals surface area contributed by atoms with Crippen LogP contribution in [-0.4, -0.2) is 23.1 Å². The van der Waals surface area contributed by atoms with Gasteiger partial charge in [0, 0.05) is 18.4 Å². The second-order valence-electron chi connectivity index (χ2n) is 4.99. The SMILES string of the molecule is COc1ccc2c(c1)CC(NCc1ncc[nH]1)CC2. The Bertz CT molecular complexity index is 536. The van der Waals surface area contributed by atoms with Crippen LogP contribution in [0.4, 0.5) is 0 Å². The van der Waals surface area contributed by atoms with Crippen molar-refractivity contribution >= 4 is 0 Å². The largest absolute Gasteiger partial charge is 0.497 e. The fourth-order valence-corrected chi connectivity index (χ4v) is 2.67. The molecule has 0 saturated carbocycles. The van der Waals surface area contributed by atoms with Gasteiger partial charge in [0.1, 0.15) is 11.6 Å². The van der Waals surface area contributed by atoms with E-state index in [0.717, 1.165) is 31.0 Å². The Kier molecular flexibility index (Phi) is 3.51. The molecule has 1 aromatic heterocycles. The first-order valence-corrected chi connectivity index (χ1v) is 6.72. The molecule has 19 heavy (non-hydrogen) atoms. The van der Waals surface area contributed by atoms with Crippen molar-refractivity contribution in [2.75, 3.05) is 7.11 Å². The Morgan fingerprint density at radius 3 is 3.16 bits per heavy atom. The summed E-state index contributed by atoms with van der Waals surface area (Å²) in [4.78, 5) is 7.35. The maximum absolute atomic E-state index is 5.30. The number of nitrogens with zero attached hydrogens (tertiary/aromatic N) is 1. The topological polar surface area (TPSA) is 49.9 Å². The summed E-state index contributed by atoms with van der Waals surface area (Å²) in [6, 6.07) is 6.92. The summed E-state index contributed by atoms with van der Waals surface area (Å²) in [5, 5.41) is 3.57. The summed E-state index contributed by atoms with van der Waals surface area (Å²) in [6.07, 6.45) is 7.03. The maximum atomic E-state index is 5.30. The van der Waals surface area contributed by atoms with Crippen LogP contribution >= 0.6 is 0 Å². The molecule has 0 fully saturated rings. The van der Waals surface area contributed by atoms with Crippen molar-refractivity contribution in [1.82, 2.24) is 15.3 Å². The van der Waals surface area contributed by atoms with Gasteiger partial charge in [0.2, 0.25) is 0 Å². The van der Waals surface area contributed by atoms with Crippen LogP contribution < -0.4 is 10.1 Å². The lowest BCUT2D eigenvalue weighted by Gasteiger charge is -2.25. The molecule has 1 atom stereocenters. The van der Waals surface area contributed by atoms with Gasteiger partial charge < -0.3 is 15.0 Å². The number of aromatic nitrogens is 2. The molecule has 100 valence electrons. The highest BCUT2D eigenvalue weighted by molar-refractivity contribution is 5.37. The molecule has 0 spiro atoms. The molecule has 0 radical (unpaired) electrons. The number of ether oxygens (including phenoxy) is 1. The van der Waals surface area contributed by atoms with Crippen LogP contribution in [-0.2, 0) is 19.4 Å². The zero-order chi connectivity index (χ0) is 13.1. The number of benzene rings is 1. The van der Waals surface area contributed by atoms with E-state index in [1.165, 1.54) is 17.5 Å². The normalized spacial score (nSPS) is 18.1. The van der Waals surface area contributed by atoms with E-state index < -0.39 is 0 Å². The molecule has 1 heterocycles. The Hall–Kier alpha value is -1.81. The fraction of sp³-hybridized carbons (Fsp3) is 0.400. The van der Waals surface area contributed by atoms with E-state index >= 15 is 0 Å². The molecule has 4 nitrogen and oxygen atoms in total. The highest BCUT2D eigenvalue weighted by Crippen LogP contribution is 2.25. The second kappa shape index (κ2) is 5.45. The van der Waals surface area contributed by atoms with Gasteiger partial charge in [-0.25, -0.2) is 4.98 Å². The van der Waals surface area contributed by atoms with E-state index in [4.69, 9.17) is 4.74 Å². The van der Waals surface area contributed by atoms with Crippen molar-refractivity contribution in [2.45, 2.75) is 31.8 Å². The van der Waals surface area contributed by atoms with Gasteiger partial charge in [-0.2, -0.15) is 0 Å². The summed E-state index contributed by atoms with van der Waals surface area (Å²) in [5.74, 6) is 1.95. The zero-order valence-corrected chi connectivity index (χ0v) is 11.1. The molecular weight excluding hydrogens is 238 g/mol. The highest BCUT2D eigenvalue weighted by atomic mass is 16.5. The zero-order valence-electron chi connectivity index (χ0n) is 11.1. The van der Waals surface area contributed by atoms with Crippen LogP contribution in [0.3, 0.4) is 0 Å².